The van der Waals surface area contributed by atoms with Gasteiger partial charge < -0.3 is 20.1 Å². The fourth-order valence-electron chi connectivity index (χ4n) is 2.86. The van der Waals surface area contributed by atoms with Crippen LogP contribution in [-0.4, -0.2) is 34.8 Å². The summed E-state index contributed by atoms with van der Waals surface area (Å²) in [6.07, 6.45) is 1.54. The quantitative estimate of drug-likeness (QED) is 0.510. The minimum atomic E-state index is -3.03. The number of carbonyl (C=O) groups is 2. The van der Waals surface area contributed by atoms with E-state index in [-0.39, 0.29) is 35.1 Å². The molecule has 0 radical (unpaired) electrons. The molecule has 2 amide bonds. The molecule has 0 unspecified atom stereocenters. The van der Waals surface area contributed by atoms with Crippen molar-refractivity contribution >= 4 is 23.2 Å². The van der Waals surface area contributed by atoms with Gasteiger partial charge in [0.2, 0.25) is 0 Å². The molecule has 0 saturated heterocycles. The van der Waals surface area contributed by atoms with Gasteiger partial charge in [-0.15, -0.1) is 0 Å². The van der Waals surface area contributed by atoms with Gasteiger partial charge in [-0.3, -0.25) is 14.3 Å². The van der Waals surface area contributed by atoms with Crippen LogP contribution < -0.4 is 20.1 Å². The number of amides is 2. The molecule has 0 fully saturated rings. The van der Waals surface area contributed by atoms with Crippen molar-refractivity contribution in [1.29, 1.82) is 0 Å². The molecule has 0 spiro atoms. The van der Waals surface area contributed by atoms with E-state index >= 15 is 0 Å². The molecule has 2 N–H and O–H groups in total. The zero-order valence-corrected chi connectivity index (χ0v) is 17.5. The van der Waals surface area contributed by atoms with Crippen LogP contribution >= 0.6 is 0 Å². The van der Waals surface area contributed by atoms with Gasteiger partial charge in [-0.05, 0) is 44.2 Å². The molecule has 0 aliphatic heterocycles. The van der Waals surface area contributed by atoms with Gasteiger partial charge in [-0.1, -0.05) is 18.2 Å². The van der Waals surface area contributed by atoms with Gasteiger partial charge in [0.05, 0.1) is 12.3 Å². The standard InChI is InChI=1S/C22H22F2N4O4/c1-3-28-13-16(19(27-28)21(30)25-15-8-6-5-7-9-15)26-20(29)14-10-11-17(32-22(23)24)18(12-14)31-4-2/h5-13,22H,3-4H2,1-2H3,(H,25,30)(H,26,29). The molecule has 8 nitrogen and oxygen atoms in total. The number of halogens is 2. The van der Waals surface area contributed by atoms with E-state index in [0.29, 0.717) is 12.2 Å². The average molecular weight is 444 g/mol. The number of para-hydroxylation sites is 1. The summed E-state index contributed by atoms with van der Waals surface area (Å²) in [5.41, 5.74) is 0.952. The molecule has 0 saturated carbocycles. The summed E-state index contributed by atoms with van der Waals surface area (Å²) in [6.45, 7) is 1.16. The van der Waals surface area contributed by atoms with E-state index in [1.54, 1.807) is 31.2 Å². The highest BCUT2D eigenvalue weighted by Crippen LogP contribution is 2.30. The van der Waals surface area contributed by atoms with Gasteiger partial charge in [0.25, 0.3) is 11.8 Å². The molecule has 3 rings (SSSR count). The predicted octanol–water partition coefficient (Wildman–Crippen LogP) is 4.41. The predicted molar refractivity (Wildman–Crippen MR) is 114 cm³/mol. The van der Waals surface area contributed by atoms with Crippen molar-refractivity contribution < 1.29 is 27.8 Å². The first-order chi connectivity index (χ1) is 15.4. The minimum absolute atomic E-state index is 0.00625. The summed E-state index contributed by atoms with van der Waals surface area (Å²) in [5.74, 6) is -1.24. The number of ether oxygens (including phenoxy) is 2. The molecule has 0 atom stereocenters. The summed E-state index contributed by atoms with van der Waals surface area (Å²) in [6, 6.07) is 12.7. The van der Waals surface area contributed by atoms with E-state index < -0.39 is 18.4 Å². The maximum atomic E-state index is 12.8. The van der Waals surface area contributed by atoms with Crippen LogP contribution in [0.3, 0.4) is 0 Å². The van der Waals surface area contributed by atoms with Crippen LogP contribution in [0.4, 0.5) is 20.2 Å². The third kappa shape index (κ3) is 5.60. The number of anilines is 2. The molecule has 2 aromatic carbocycles. The summed E-state index contributed by atoms with van der Waals surface area (Å²) in [5, 5.41) is 9.60. The lowest BCUT2D eigenvalue weighted by atomic mass is 10.2. The Morgan fingerprint density at radius 1 is 1.03 bits per heavy atom. The van der Waals surface area contributed by atoms with E-state index in [1.807, 2.05) is 13.0 Å². The number of aromatic nitrogens is 2. The first-order valence-corrected chi connectivity index (χ1v) is 9.88. The zero-order chi connectivity index (χ0) is 23.1. The largest absolute Gasteiger partial charge is 0.490 e. The van der Waals surface area contributed by atoms with E-state index in [0.717, 1.165) is 0 Å². The second kappa shape index (κ2) is 10.4. The van der Waals surface area contributed by atoms with E-state index in [4.69, 9.17) is 4.74 Å². The van der Waals surface area contributed by atoms with E-state index in [1.165, 1.54) is 29.1 Å². The normalized spacial score (nSPS) is 10.7. The van der Waals surface area contributed by atoms with Crippen molar-refractivity contribution in [2.75, 3.05) is 17.2 Å². The molecule has 10 heteroatoms. The summed E-state index contributed by atoms with van der Waals surface area (Å²) >= 11 is 0. The number of hydrogen-bond acceptors (Lipinski definition) is 5. The van der Waals surface area contributed by atoms with Crippen LogP contribution in [0.25, 0.3) is 0 Å². The first kappa shape index (κ1) is 22.7. The van der Waals surface area contributed by atoms with Crippen molar-refractivity contribution in [2.24, 2.45) is 0 Å². The highest BCUT2D eigenvalue weighted by molar-refractivity contribution is 6.11. The Morgan fingerprint density at radius 2 is 1.78 bits per heavy atom. The molecule has 1 heterocycles. The molecule has 32 heavy (non-hydrogen) atoms. The summed E-state index contributed by atoms with van der Waals surface area (Å²) in [7, 11) is 0. The highest BCUT2D eigenvalue weighted by atomic mass is 19.3. The third-order valence-electron chi connectivity index (χ3n) is 4.30. The fraction of sp³-hybridized carbons (Fsp3) is 0.227. The van der Waals surface area contributed by atoms with Crippen molar-refractivity contribution in [3.8, 4) is 11.5 Å². The van der Waals surface area contributed by atoms with Gasteiger partial charge >= 0.3 is 6.61 Å². The first-order valence-electron chi connectivity index (χ1n) is 9.88. The van der Waals surface area contributed by atoms with Gasteiger partial charge in [0, 0.05) is 24.0 Å². The van der Waals surface area contributed by atoms with Crippen molar-refractivity contribution in [3.63, 3.8) is 0 Å². The van der Waals surface area contributed by atoms with Crippen LogP contribution in [0, 0.1) is 0 Å². The SMILES string of the molecule is CCOc1cc(C(=O)Nc2cn(CC)nc2C(=O)Nc2ccccc2)ccc1OC(F)F. The lowest BCUT2D eigenvalue weighted by Gasteiger charge is -2.13. The number of carbonyl (C=O) groups excluding carboxylic acids is 2. The number of aryl methyl sites for hydroxylation is 1. The van der Waals surface area contributed by atoms with Crippen LogP contribution in [-0.2, 0) is 6.54 Å². The van der Waals surface area contributed by atoms with E-state index in [2.05, 4.69) is 20.5 Å². The van der Waals surface area contributed by atoms with Crippen molar-refractivity contribution in [2.45, 2.75) is 27.0 Å². The van der Waals surface area contributed by atoms with Crippen LogP contribution in [0.5, 0.6) is 11.5 Å². The monoisotopic (exact) mass is 444 g/mol. The number of benzene rings is 2. The van der Waals surface area contributed by atoms with Crippen molar-refractivity contribution in [1.82, 2.24) is 9.78 Å². The number of nitrogens with zero attached hydrogens (tertiary/aromatic N) is 2. The smallest absolute Gasteiger partial charge is 0.387 e. The van der Waals surface area contributed by atoms with Crippen LogP contribution in [0.1, 0.15) is 34.7 Å². The van der Waals surface area contributed by atoms with E-state index in [9.17, 15) is 18.4 Å². The minimum Gasteiger partial charge on any atom is -0.490 e. The van der Waals surface area contributed by atoms with Gasteiger partial charge in [0.15, 0.2) is 17.2 Å². The van der Waals surface area contributed by atoms with Gasteiger partial charge in [-0.2, -0.15) is 13.9 Å². The Labute approximate surface area is 183 Å². The van der Waals surface area contributed by atoms with Gasteiger partial charge in [-0.25, -0.2) is 0 Å². The summed E-state index contributed by atoms with van der Waals surface area (Å²) in [4.78, 5) is 25.5. The fourth-order valence-corrected chi connectivity index (χ4v) is 2.86. The number of hydrogen-bond donors (Lipinski definition) is 2. The molecular weight excluding hydrogens is 422 g/mol. The molecular formula is C22H22F2N4O4. The molecule has 3 aromatic rings. The second-order valence-corrected chi connectivity index (χ2v) is 6.49. The lowest BCUT2D eigenvalue weighted by molar-refractivity contribution is -0.0514. The molecule has 1 aromatic heterocycles. The van der Waals surface area contributed by atoms with Crippen LogP contribution in [0.2, 0.25) is 0 Å². The maximum absolute atomic E-state index is 12.8. The van der Waals surface area contributed by atoms with Gasteiger partial charge in [0.1, 0.15) is 0 Å². The van der Waals surface area contributed by atoms with Crippen molar-refractivity contribution in [3.05, 3.63) is 66.0 Å². The summed E-state index contributed by atoms with van der Waals surface area (Å²) < 4.78 is 36.4. The Balaban J connectivity index is 1.83. The second-order valence-electron chi connectivity index (χ2n) is 6.49. The zero-order valence-electron chi connectivity index (χ0n) is 17.5. The maximum Gasteiger partial charge on any atom is 0.387 e. The number of alkyl halides is 2. The number of rotatable bonds is 9. The highest BCUT2D eigenvalue weighted by Gasteiger charge is 2.21. The lowest BCUT2D eigenvalue weighted by Crippen LogP contribution is -2.18. The number of nitrogens with one attached hydrogen (secondary N) is 2. The molecule has 0 aliphatic rings. The molecule has 168 valence electrons. The van der Waals surface area contributed by atoms with Crippen LogP contribution in [0.15, 0.2) is 54.7 Å². The topological polar surface area (TPSA) is 94.5 Å². The Kier molecular flexibility index (Phi) is 7.37. The molecule has 0 bridgehead atoms. The molecule has 0 aliphatic carbocycles. The Hall–Kier alpha value is -3.95. The Bertz CT molecular complexity index is 1090. The Morgan fingerprint density at radius 3 is 2.44 bits per heavy atom. The average Bonchev–Trinajstić information content (AvgIpc) is 3.18. The third-order valence-corrected chi connectivity index (χ3v) is 4.30.